The van der Waals surface area contributed by atoms with Crippen LogP contribution in [0.15, 0.2) is 6.33 Å². The number of fused-ring (bicyclic) bond motifs is 2. The van der Waals surface area contributed by atoms with Crippen molar-refractivity contribution in [3.05, 3.63) is 6.33 Å². The smallest absolute Gasteiger partial charge is 0.309 e. The third kappa shape index (κ3) is 3.86. The molecule has 0 aliphatic carbocycles. The number of urea groups is 1. The minimum atomic E-state index is -4.86. The monoisotopic (exact) mass is 390 g/mol. The van der Waals surface area contributed by atoms with E-state index in [1.807, 2.05) is 0 Å². The van der Waals surface area contributed by atoms with Crippen LogP contribution in [0.4, 0.5) is 4.79 Å². The third-order valence-corrected chi connectivity index (χ3v) is 4.17. The van der Waals surface area contributed by atoms with Gasteiger partial charge in [0.05, 0.1) is 6.04 Å². The van der Waals surface area contributed by atoms with Crippen LogP contribution in [-0.2, 0) is 30.8 Å². The van der Waals surface area contributed by atoms with Gasteiger partial charge in [-0.1, -0.05) is 0 Å². The summed E-state index contributed by atoms with van der Waals surface area (Å²) in [5, 5.41) is 10.7. The van der Waals surface area contributed by atoms with Crippen molar-refractivity contribution in [2.75, 3.05) is 6.54 Å². The molecule has 142 valence electrons. The number of nitrogens with zero attached hydrogens (tertiary/aromatic N) is 6. The number of carbonyl (C=O) groups excluding carboxylic acids is 3. The second-order valence-corrected chi connectivity index (χ2v) is 6.56. The molecule has 1 aromatic heterocycles. The van der Waals surface area contributed by atoms with E-state index in [4.69, 9.17) is 4.55 Å². The van der Waals surface area contributed by atoms with E-state index in [0.717, 1.165) is 9.58 Å². The second-order valence-electron chi connectivity index (χ2n) is 5.55. The van der Waals surface area contributed by atoms with Gasteiger partial charge in [0.15, 0.2) is 0 Å². The molecular weight excluding hydrogens is 376 g/mol. The fourth-order valence-electron chi connectivity index (χ4n) is 2.76. The lowest BCUT2D eigenvalue weighted by Crippen LogP contribution is -2.54. The number of hydrazine groups is 1. The van der Waals surface area contributed by atoms with Gasteiger partial charge in [-0.2, -0.15) is 13.5 Å². The van der Waals surface area contributed by atoms with Crippen molar-refractivity contribution in [3.8, 4) is 0 Å². The number of tetrazole rings is 1. The molecule has 2 aliphatic rings. The molecule has 3 N–H and O–H groups in total. The number of hydrogen-bond acceptors (Lipinski definition) is 9. The first kappa shape index (κ1) is 18.0. The van der Waals surface area contributed by atoms with E-state index in [0.29, 0.717) is 5.06 Å². The largest absolute Gasteiger partial charge is 0.418 e. The van der Waals surface area contributed by atoms with E-state index in [-0.39, 0.29) is 25.9 Å². The van der Waals surface area contributed by atoms with Crippen LogP contribution in [0.25, 0.3) is 0 Å². The molecule has 0 aromatic carbocycles. The molecule has 2 fully saturated rings. The molecule has 0 radical (unpaired) electrons. The Bertz CT molecular complexity index is 811. The molecule has 15 nitrogen and oxygen atoms in total. The number of hydroxylamine groups is 2. The quantitative estimate of drug-likeness (QED) is 0.341. The molecule has 3 rings (SSSR count). The maximum atomic E-state index is 12.2. The summed E-state index contributed by atoms with van der Waals surface area (Å²) in [5.41, 5.74) is 4.36. The highest BCUT2D eigenvalue weighted by Gasteiger charge is 2.49. The maximum Gasteiger partial charge on any atom is 0.418 e. The van der Waals surface area contributed by atoms with Gasteiger partial charge in [-0.3, -0.25) is 25.0 Å². The number of rotatable bonds is 5. The van der Waals surface area contributed by atoms with E-state index < -0.39 is 40.3 Å². The normalized spacial score (nSPS) is 22.4. The molecule has 2 atom stereocenters. The number of carbonyl (C=O) groups is 3. The van der Waals surface area contributed by atoms with E-state index >= 15 is 0 Å². The summed E-state index contributed by atoms with van der Waals surface area (Å²) in [7, 11) is -4.86. The molecule has 16 heteroatoms. The van der Waals surface area contributed by atoms with Gasteiger partial charge in [-0.15, -0.1) is 9.38 Å². The van der Waals surface area contributed by atoms with Crippen LogP contribution >= 0.6 is 0 Å². The Morgan fingerprint density at radius 2 is 2.12 bits per heavy atom. The van der Waals surface area contributed by atoms with E-state index in [1.165, 1.54) is 6.33 Å². The van der Waals surface area contributed by atoms with Crippen LogP contribution in [-0.4, -0.2) is 79.6 Å². The predicted molar refractivity (Wildman–Crippen MR) is 77.5 cm³/mol. The first-order chi connectivity index (χ1) is 12.2. The van der Waals surface area contributed by atoms with Crippen molar-refractivity contribution in [2.24, 2.45) is 0 Å². The van der Waals surface area contributed by atoms with Gasteiger partial charge in [0.25, 0.3) is 11.8 Å². The van der Waals surface area contributed by atoms with Crippen molar-refractivity contribution < 1.29 is 31.6 Å². The first-order valence-corrected chi connectivity index (χ1v) is 8.67. The highest BCUT2D eigenvalue weighted by molar-refractivity contribution is 7.80. The SMILES string of the molecule is O=C(Cn1cnnn1)NNC(=O)[C@@H]1CC[C@@H]2CN1C(=O)N2OS(=O)(=O)O. The van der Waals surface area contributed by atoms with Gasteiger partial charge in [-0.05, 0) is 23.3 Å². The van der Waals surface area contributed by atoms with Gasteiger partial charge >= 0.3 is 16.4 Å². The molecule has 1 aromatic rings. The topological polar surface area (TPSA) is 189 Å². The molecule has 26 heavy (non-hydrogen) atoms. The highest BCUT2D eigenvalue weighted by atomic mass is 32.3. The Morgan fingerprint density at radius 3 is 2.77 bits per heavy atom. The van der Waals surface area contributed by atoms with Crippen molar-refractivity contribution in [1.29, 1.82) is 0 Å². The number of hydrogen-bond donors (Lipinski definition) is 3. The zero-order valence-corrected chi connectivity index (χ0v) is 13.9. The minimum absolute atomic E-state index is 0.0466. The van der Waals surface area contributed by atoms with E-state index in [2.05, 4.69) is 30.7 Å². The van der Waals surface area contributed by atoms with Gasteiger partial charge in [0.2, 0.25) is 0 Å². The summed E-state index contributed by atoms with van der Waals surface area (Å²) >= 11 is 0. The summed E-state index contributed by atoms with van der Waals surface area (Å²) < 4.78 is 35.8. The van der Waals surface area contributed by atoms with Crippen LogP contribution in [0.2, 0.25) is 0 Å². The van der Waals surface area contributed by atoms with Crippen LogP contribution in [0, 0.1) is 0 Å². The summed E-state index contributed by atoms with van der Waals surface area (Å²) in [6.07, 6.45) is 1.71. The molecule has 2 saturated heterocycles. The summed E-state index contributed by atoms with van der Waals surface area (Å²) in [6, 6.07) is -2.41. The van der Waals surface area contributed by atoms with Crippen LogP contribution < -0.4 is 10.9 Å². The molecule has 0 spiro atoms. The highest BCUT2D eigenvalue weighted by Crippen LogP contribution is 2.30. The first-order valence-electron chi connectivity index (χ1n) is 7.31. The molecular formula is C10H14N8O7S. The number of piperidine rings is 1. The van der Waals surface area contributed by atoms with Crippen LogP contribution in [0.1, 0.15) is 12.8 Å². The molecule has 0 unspecified atom stereocenters. The average Bonchev–Trinajstić information content (AvgIpc) is 3.15. The lowest BCUT2D eigenvalue weighted by molar-refractivity contribution is -0.132. The average molecular weight is 390 g/mol. The lowest BCUT2D eigenvalue weighted by Gasteiger charge is -2.29. The Hall–Kier alpha value is -2.85. The van der Waals surface area contributed by atoms with Gasteiger partial charge in [0, 0.05) is 6.54 Å². The molecule has 4 amide bonds. The van der Waals surface area contributed by atoms with E-state index in [1.54, 1.807) is 0 Å². The number of amides is 4. The fourth-order valence-corrected chi connectivity index (χ4v) is 3.15. The molecule has 2 aliphatic heterocycles. The van der Waals surface area contributed by atoms with Crippen molar-refractivity contribution in [1.82, 2.24) is 41.0 Å². The Balaban J connectivity index is 1.56. The Morgan fingerprint density at radius 1 is 1.35 bits per heavy atom. The summed E-state index contributed by atoms with van der Waals surface area (Å²) in [5.74, 6) is -1.25. The molecule has 3 heterocycles. The van der Waals surface area contributed by atoms with Crippen molar-refractivity contribution in [2.45, 2.75) is 31.5 Å². The third-order valence-electron chi connectivity index (χ3n) is 3.82. The van der Waals surface area contributed by atoms with Gasteiger partial charge in [0.1, 0.15) is 18.9 Å². The maximum absolute atomic E-state index is 12.2. The van der Waals surface area contributed by atoms with Crippen LogP contribution in [0.5, 0.6) is 0 Å². The summed E-state index contributed by atoms with van der Waals surface area (Å²) in [6.45, 7) is -0.177. The predicted octanol–water partition coefficient (Wildman–Crippen LogP) is -3.18. The zero-order chi connectivity index (χ0) is 18.9. The standard InChI is InChI=1S/C10H14N8O7S/c19-8(4-16-5-11-14-15-16)12-13-9(20)7-2-1-6-3-17(7)10(21)18(6)25-26(22,23)24/h5-7H,1-4H2,(H,12,19)(H,13,20)(H,22,23,24)/t6-,7+/m1/s1. The minimum Gasteiger partial charge on any atom is -0.309 e. The lowest BCUT2D eigenvalue weighted by atomic mass is 10.0. The second kappa shape index (κ2) is 6.81. The van der Waals surface area contributed by atoms with Crippen molar-refractivity contribution in [3.63, 3.8) is 0 Å². The molecule has 2 bridgehead atoms. The van der Waals surface area contributed by atoms with Gasteiger partial charge in [-0.25, -0.2) is 9.48 Å². The summed E-state index contributed by atoms with van der Waals surface area (Å²) in [4.78, 5) is 37.2. The van der Waals surface area contributed by atoms with Crippen molar-refractivity contribution >= 4 is 28.2 Å². The number of aromatic nitrogens is 4. The number of nitrogens with one attached hydrogen (secondary N) is 2. The van der Waals surface area contributed by atoms with Crippen LogP contribution in [0.3, 0.4) is 0 Å². The van der Waals surface area contributed by atoms with E-state index in [9.17, 15) is 22.8 Å². The fraction of sp³-hybridized carbons (Fsp3) is 0.600. The molecule has 0 saturated carbocycles. The van der Waals surface area contributed by atoms with Gasteiger partial charge < -0.3 is 4.90 Å². The Kier molecular flexibility index (Phi) is 4.70. The Labute approximate surface area is 146 Å². The zero-order valence-electron chi connectivity index (χ0n) is 13.0.